The average molecular weight is 457 g/mol. The van der Waals surface area contributed by atoms with Gasteiger partial charge in [-0.15, -0.1) is 0 Å². The van der Waals surface area contributed by atoms with Crippen molar-refractivity contribution in [2.75, 3.05) is 7.05 Å². The SMILES string of the molecule is CNC(=O)c1ccc(CN(C(=O)c2cnn(-c3ccc(C(F)(F)F)cn3)c2C)C2CC2)cc1. The molecule has 4 rings (SSSR count). The van der Waals surface area contributed by atoms with E-state index < -0.39 is 11.7 Å². The average Bonchev–Trinajstić information content (AvgIpc) is 3.57. The number of pyridine rings is 1. The maximum atomic E-state index is 13.3. The van der Waals surface area contributed by atoms with Gasteiger partial charge in [0.15, 0.2) is 5.82 Å². The molecule has 0 aliphatic heterocycles. The number of nitrogens with zero attached hydrogens (tertiary/aromatic N) is 4. The molecule has 7 nitrogen and oxygen atoms in total. The molecule has 1 saturated carbocycles. The van der Waals surface area contributed by atoms with E-state index in [2.05, 4.69) is 15.4 Å². The first-order valence-electron chi connectivity index (χ1n) is 10.4. The summed E-state index contributed by atoms with van der Waals surface area (Å²) in [7, 11) is 1.56. The predicted molar refractivity (Wildman–Crippen MR) is 114 cm³/mol. The highest BCUT2D eigenvalue weighted by Crippen LogP contribution is 2.31. The number of aromatic nitrogens is 3. The van der Waals surface area contributed by atoms with Crippen LogP contribution in [0.25, 0.3) is 5.82 Å². The topological polar surface area (TPSA) is 80.1 Å². The maximum absolute atomic E-state index is 13.3. The Morgan fingerprint density at radius 3 is 2.36 bits per heavy atom. The molecule has 172 valence electrons. The van der Waals surface area contributed by atoms with Crippen molar-refractivity contribution < 1.29 is 22.8 Å². The van der Waals surface area contributed by atoms with E-state index in [1.54, 1.807) is 31.0 Å². The number of carbonyl (C=O) groups is 2. The van der Waals surface area contributed by atoms with Gasteiger partial charge < -0.3 is 10.2 Å². The molecule has 2 aromatic heterocycles. The largest absolute Gasteiger partial charge is 0.417 e. The van der Waals surface area contributed by atoms with E-state index in [1.807, 2.05) is 12.1 Å². The summed E-state index contributed by atoms with van der Waals surface area (Å²) in [6, 6.07) is 9.33. The molecule has 1 aliphatic carbocycles. The van der Waals surface area contributed by atoms with E-state index in [-0.39, 0.29) is 23.7 Å². The van der Waals surface area contributed by atoms with Crippen LogP contribution in [0, 0.1) is 6.92 Å². The number of benzene rings is 1. The molecule has 0 unspecified atom stereocenters. The van der Waals surface area contributed by atoms with E-state index in [0.717, 1.165) is 30.7 Å². The van der Waals surface area contributed by atoms with Crippen LogP contribution in [0.15, 0.2) is 48.8 Å². The van der Waals surface area contributed by atoms with E-state index >= 15 is 0 Å². The van der Waals surface area contributed by atoms with Gasteiger partial charge in [-0.3, -0.25) is 9.59 Å². The summed E-state index contributed by atoms with van der Waals surface area (Å²) in [4.78, 5) is 30.7. The standard InChI is InChI=1S/C23H22F3N5O2/c1-14-19(12-29-31(14)20-10-7-17(11-28-20)23(24,25)26)22(33)30(18-8-9-18)13-15-3-5-16(6-4-15)21(32)27-2/h3-7,10-12,18H,8-9,13H2,1-2H3,(H,27,32). The molecule has 0 radical (unpaired) electrons. The van der Waals surface area contributed by atoms with Crippen LogP contribution in [0.3, 0.4) is 0 Å². The van der Waals surface area contributed by atoms with Crippen LogP contribution in [0.5, 0.6) is 0 Å². The summed E-state index contributed by atoms with van der Waals surface area (Å²) in [5.41, 5.74) is 1.43. The monoisotopic (exact) mass is 457 g/mol. The van der Waals surface area contributed by atoms with Gasteiger partial charge in [-0.1, -0.05) is 12.1 Å². The quantitative estimate of drug-likeness (QED) is 0.611. The molecule has 0 spiro atoms. The molecule has 0 bridgehead atoms. The summed E-state index contributed by atoms with van der Waals surface area (Å²) >= 11 is 0. The Labute approximate surface area is 188 Å². The van der Waals surface area contributed by atoms with Gasteiger partial charge in [0.25, 0.3) is 11.8 Å². The molecular weight excluding hydrogens is 435 g/mol. The van der Waals surface area contributed by atoms with Crippen LogP contribution in [-0.2, 0) is 12.7 Å². The number of halogens is 3. The predicted octanol–water partition coefficient (Wildman–Crippen LogP) is 3.76. The maximum Gasteiger partial charge on any atom is 0.417 e. The van der Waals surface area contributed by atoms with Gasteiger partial charge in [0.1, 0.15) is 0 Å². The van der Waals surface area contributed by atoms with E-state index in [1.165, 1.54) is 16.9 Å². The number of alkyl halides is 3. The van der Waals surface area contributed by atoms with Gasteiger partial charge in [0.2, 0.25) is 0 Å². The van der Waals surface area contributed by atoms with Crippen molar-refractivity contribution in [3.05, 3.63) is 76.7 Å². The molecule has 2 heterocycles. The second-order valence-corrected chi connectivity index (χ2v) is 7.90. The molecule has 1 aromatic carbocycles. The van der Waals surface area contributed by atoms with Crippen LogP contribution in [0.2, 0.25) is 0 Å². The lowest BCUT2D eigenvalue weighted by molar-refractivity contribution is -0.137. The number of carbonyl (C=O) groups excluding carboxylic acids is 2. The lowest BCUT2D eigenvalue weighted by atomic mass is 10.1. The highest BCUT2D eigenvalue weighted by atomic mass is 19.4. The highest BCUT2D eigenvalue weighted by Gasteiger charge is 2.35. The summed E-state index contributed by atoms with van der Waals surface area (Å²) in [5, 5.41) is 6.76. The Balaban J connectivity index is 1.55. The van der Waals surface area contributed by atoms with Crippen molar-refractivity contribution in [1.29, 1.82) is 0 Å². The van der Waals surface area contributed by atoms with Gasteiger partial charge in [-0.05, 0) is 49.6 Å². The van der Waals surface area contributed by atoms with E-state index in [4.69, 9.17) is 0 Å². The van der Waals surface area contributed by atoms with Gasteiger partial charge in [-0.2, -0.15) is 18.3 Å². The number of amides is 2. The Bertz CT molecular complexity index is 1170. The van der Waals surface area contributed by atoms with Crippen LogP contribution in [-0.4, -0.2) is 44.6 Å². The summed E-state index contributed by atoms with van der Waals surface area (Å²) in [5.74, 6) is -0.192. The zero-order valence-corrected chi connectivity index (χ0v) is 18.1. The molecule has 0 saturated heterocycles. The van der Waals surface area contributed by atoms with E-state index in [0.29, 0.717) is 23.4 Å². The van der Waals surface area contributed by atoms with Gasteiger partial charge in [0, 0.05) is 31.4 Å². The fourth-order valence-corrected chi connectivity index (χ4v) is 3.54. The highest BCUT2D eigenvalue weighted by molar-refractivity contribution is 5.96. The molecule has 1 aliphatic rings. The van der Waals surface area contributed by atoms with Gasteiger partial charge in [0.05, 0.1) is 23.0 Å². The lowest BCUT2D eigenvalue weighted by Gasteiger charge is -2.22. The van der Waals surface area contributed by atoms with Gasteiger partial charge >= 0.3 is 6.18 Å². The molecule has 1 N–H and O–H groups in total. The Hall–Kier alpha value is -3.69. The summed E-state index contributed by atoms with van der Waals surface area (Å²) in [6.07, 6.45) is -0.515. The zero-order valence-electron chi connectivity index (χ0n) is 18.1. The molecule has 0 atom stereocenters. The first-order chi connectivity index (χ1) is 15.7. The second kappa shape index (κ2) is 8.68. The molecule has 33 heavy (non-hydrogen) atoms. The Morgan fingerprint density at radius 2 is 1.82 bits per heavy atom. The smallest absolute Gasteiger partial charge is 0.355 e. The third kappa shape index (κ3) is 4.74. The third-order valence-electron chi connectivity index (χ3n) is 5.58. The van der Waals surface area contributed by atoms with Crippen molar-refractivity contribution in [1.82, 2.24) is 25.0 Å². The normalized spacial score (nSPS) is 13.6. The summed E-state index contributed by atoms with van der Waals surface area (Å²) < 4.78 is 39.8. The van der Waals surface area contributed by atoms with Crippen molar-refractivity contribution in [3.8, 4) is 5.82 Å². The van der Waals surface area contributed by atoms with E-state index in [9.17, 15) is 22.8 Å². The molecule has 3 aromatic rings. The minimum absolute atomic E-state index is 0.114. The van der Waals surface area contributed by atoms with Gasteiger partial charge in [-0.25, -0.2) is 9.67 Å². The third-order valence-corrected chi connectivity index (χ3v) is 5.58. The van der Waals surface area contributed by atoms with Crippen LogP contribution >= 0.6 is 0 Å². The fourth-order valence-electron chi connectivity index (χ4n) is 3.54. The van der Waals surface area contributed by atoms with Crippen molar-refractivity contribution in [2.45, 2.75) is 38.5 Å². The minimum atomic E-state index is -4.48. The molecule has 2 amide bonds. The Kier molecular flexibility index (Phi) is 5.92. The van der Waals surface area contributed by atoms with Crippen molar-refractivity contribution >= 4 is 11.8 Å². The fraction of sp³-hybridized carbons (Fsp3) is 0.304. The first kappa shape index (κ1) is 22.5. The van der Waals surface area contributed by atoms with Crippen molar-refractivity contribution in [3.63, 3.8) is 0 Å². The first-order valence-corrected chi connectivity index (χ1v) is 10.4. The zero-order chi connectivity index (χ0) is 23.8. The molecule has 1 fully saturated rings. The lowest BCUT2D eigenvalue weighted by Crippen LogP contribution is -2.33. The number of rotatable bonds is 6. The number of nitrogens with one attached hydrogen (secondary N) is 1. The minimum Gasteiger partial charge on any atom is -0.355 e. The van der Waals surface area contributed by atoms with Crippen LogP contribution in [0.4, 0.5) is 13.2 Å². The summed E-state index contributed by atoms with van der Waals surface area (Å²) in [6.45, 7) is 2.06. The van der Waals surface area contributed by atoms with Crippen LogP contribution in [0.1, 0.15) is 50.4 Å². The molecule has 10 heteroatoms. The Morgan fingerprint density at radius 1 is 1.12 bits per heavy atom. The second-order valence-electron chi connectivity index (χ2n) is 7.90. The molecular formula is C23H22F3N5O2. The number of hydrogen-bond donors (Lipinski definition) is 1. The van der Waals surface area contributed by atoms with Crippen LogP contribution < -0.4 is 5.32 Å². The van der Waals surface area contributed by atoms with Crippen molar-refractivity contribution in [2.24, 2.45) is 0 Å². The number of hydrogen-bond acceptors (Lipinski definition) is 4.